The zero-order valence-electron chi connectivity index (χ0n) is 13.0. The summed E-state index contributed by atoms with van der Waals surface area (Å²) in [5.74, 6) is 0.572. The molecule has 6 heteroatoms. The second kappa shape index (κ2) is 6.36. The molecule has 1 amide bonds. The van der Waals surface area contributed by atoms with Gasteiger partial charge in [0.2, 0.25) is 5.76 Å². The lowest BCUT2D eigenvalue weighted by Gasteiger charge is -2.23. The van der Waals surface area contributed by atoms with Gasteiger partial charge in [-0.3, -0.25) is 4.79 Å². The van der Waals surface area contributed by atoms with Crippen molar-refractivity contribution in [2.45, 2.75) is 26.4 Å². The molecule has 0 bridgehead atoms. The fraction of sp³-hybridized carbons (Fsp3) is 0.500. The van der Waals surface area contributed by atoms with Gasteiger partial charge < -0.3 is 18.7 Å². The Bertz CT molecular complexity index is 647. The zero-order valence-corrected chi connectivity index (χ0v) is 13.0. The molecule has 0 saturated heterocycles. The van der Waals surface area contributed by atoms with Gasteiger partial charge >= 0.3 is 0 Å². The van der Waals surface area contributed by atoms with Crippen LogP contribution in [0.3, 0.4) is 0 Å². The summed E-state index contributed by atoms with van der Waals surface area (Å²) in [4.78, 5) is 14.5. The molecule has 3 rings (SSSR count). The van der Waals surface area contributed by atoms with Crippen molar-refractivity contribution in [3.05, 3.63) is 41.5 Å². The van der Waals surface area contributed by atoms with E-state index >= 15 is 0 Å². The van der Waals surface area contributed by atoms with Crippen LogP contribution in [0.1, 0.15) is 28.4 Å². The predicted octanol–water partition coefficient (Wildman–Crippen LogP) is 2.09. The van der Waals surface area contributed by atoms with Crippen molar-refractivity contribution in [1.82, 2.24) is 14.6 Å². The van der Waals surface area contributed by atoms with Crippen LogP contribution >= 0.6 is 0 Å². The van der Waals surface area contributed by atoms with Crippen LogP contribution < -0.4 is 0 Å². The van der Waals surface area contributed by atoms with Crippen LogP contribution in [0.2, 0.25) is 0 Å². The van der Waals surface area contributed by atoms with Crippen molar-refractivity contribution in [3.8, 4) is 0 Å². The average Bonchev–Trinajstić information content (AvgIpc) is 3.09. The zero-order chi connectivity index (χ0) is 15.5. The molecule has 0 N–H and O–H groups in total. The monoisotopic (exact) mass is 303 g/mol. The molecule has 0 unspecified atom stereocenters. The van der Waals surface area contributed by atoms with E-state index in [1.54, 1.807) is 13.2 Å². The molecular weight excluding hydrogens is 282 g/mol. The van der Waals surface area contributed by atoms with E-state index in [4.69, 9.17) is 9.26 Å². The third-order valence-electron chi connectivity index (χ3n) is 4.07. The fourth-order valence-electron chi connectivity index (χ4n) is 2.92. The number of aromatic nitrogens is 2. The highest BCUT2D eigenvalue weighted by atomic mass is 16.5. The summed E-state index contributed by atoms with van der Waals surface area (Å²) in [6, 6.07) is 5.77. The number of carbonyl (C=O) groups is 1. The van der Waals surface area contributed by atoms with Crippen LogP contribution in [-0.2, 0) is 17.8 Å². The number of hydrogen-bond acceptors (Lipinski definition) is 4. The van der Waals surface area contributed by atoms with Crippen molar-refractivity contribution < 1.29 is 14.1 Å². The van der Waals surface area contributed by atoms with E-state index in [0.717, 1.165) is 24.4 Å². The quantitative estimate of drug-likeness (QED) is 0.868. The minimum atomic E-state index is -0.0994. The molecule has 1 atom stereocenters. The molecule has 6 nitrogen and oxygen atoms in total. The molecule has 1 aliphatic rings. The maximum Gasteiger partial charge on any atom is 0.292 e. The van der Waals surface area contributed by atoms with Gasteiger partial charge in [-0.05, 0) is 31.4 Å². The van der Waals surface area contributed by atoms with Gasteiger partial charge in [-0.2, -0.15) is 0 Å². The predicted molar refractivity (Wildman–Crippen MR) is 80.4 cm³/mol. The van der Waals surface area contributed by atoms with Gasteiger partial charge in [0.1, 0.15) is 0 Å². The molecule has 2 aromatic rings. The van der Waals surface area contributed by atoms with Crippen molar-refractivity contribution in [2.24, 2.45) is 5.92 Å². The lowest BCUT2D eigenvalue weighted by atomic mass is 10.1. The molecule has 0 aromatic carbocycles. The minimum absolute atomic E-state index is 0.0994. The Labute approximate surface area is 129 Å². The summed E-state index contributed by atoms with van der Waals surface area (Å²) >= 11 is 0. The van der Waals surface area contributed by atoms with E-state index in [1.807, 2.05) is 17.9 Å². The number of amides is 1. The molecule has 0 aliphatic carbocycles. The molecule has 22 heavy (non-hydrogen) atoms. The highest BCUT2D eigenvalue weighted by Gasteiger charge is 2.27. The van der Waals surface area contributed by atoms with Gasteiger partial charge in [-0.25, -0.2) is 0 Å². The largest absolute Gasteiger partial charge is 0.385 e. The summed E-state index contributed by atoms with van der Waals surface area (Å²) < 4.78 is 12.6. The summed E-state index contributed by atoms with van der Waals surface area (Å²) in [6.45, 7) is 4.71. The maximum atomic E-state index is 12.7. The normalized spacial score (nSPS) is 18.1. The molecule has 0 spiro atoms. The maximum absolute atomic E-state index is 12.7. The number of fused-ring (bicyclic) bond motifs is 1. The van der Waals surface area contributed by atoms with Crippen LogP contribution in [-0.4, -0.2) is 40.8 Å². The first-order valence-electron chi connectivity index (χ1n) is 7.53. The molecule has 3 heterocycles. The minimum Gasteiger partial charge on any atom is -0.385 e. The topological polar surface area (TPSA) is 60.5 Å². The molecule has 0 fully saturated rings. The van der Waals surface area contributed by atoms with Gasteiger partial charge in [0, 0.05) is 44.8 Å². The van der Waals surface area contributed by atoms with Crippen molar-refractivity contribution in [3.63, 3.8) is 0 Å². The highest BCUT2D eigenvalue weighted by molar-refractivity contribution is 5.91. The first-order valence-corrected chi connectivity index (χ1v) is 7.53. The van der Waals surface area contributed by atoms with E-state index in [9.17, 15) is 4.79 Å². The number of carbonyl (C=O) groups excluding carboxylic acids is 1. The number of methoxy groups -OCH3 is 1. The number of hydrogen-bond donors (Lipinski definition) is 0. The van der Waals surface area contributed by atoms with Crippen molar-refractivity contribution in [2.75, 3.05) is 20.3 Å². The average molecular weight is 303 g/mol. The molecule has 118 valence electrons. The third kappa shape index (κ3) is 3.06. The van der Waals surface area contributed by atoms with Crippen LogP contribution in [0, 0.1) is 12.8 Å². The summed E-state index contributed by atoms with van der Waals surface area (Å²) in [5.41, 5.74) is 1.86. The van der Waals surface area contributed by atoms with E-state index in [-0.39, 0.29) is 5.91 Å². The fourth-order valence-corrected chi connectivity index (χ4v) is 2.92. The van der Waals surface area contributed by atoms with Gasteiger partial charge in [-0.15, -0.1) is 0 Å². The Kier molecular flexibility index (Phi) is 4.29. The lowest BCUT2D eigenvalue weighted by molar-refractivity contribution is 0.0663. The number of aryl methyl sites for hydroxylation is 1. The number of ether oxygens (including phenoxy) is 1. The van der Waals surface area contributed by atoms with Gasteiger partial charge in [0.05, 0.1) is 12.2 Å². The van der Waals surface area contributed by atoms with Crippen LogP contribution in [0.15, 0.2) is 28.9 Å². The van der Waals surface area contributed by atoms with Gasteiger partial charge in [-0.1, -0.05) is 5.16 Å². The van der Waals surface area contributed by atoms with Crippen LogP contribution in [0.25, 0.3) is 0 Å². The van der Waals surface area contributed by atoms with Crippen LogP contribution in [0.5, 0.6) is 0 Å². The second-order valence-electron chi connectivity index (χ2n) is 5.82. The molecule has 1 aliphatic heterocycles. The number of nitrogens with zero attached hydrogens (tertiary/aromatic N) is 3. The summed E-state index contributed by atoms with van der Waals surface area (Å²) in [6.07, 6.45) is 3.00. The molecule has 0 radical (unpaired) electrons. The first kappa shape index (κ1) is 14.8. The summed E-state index contributed by atoms with van der Waals surface area (Å²) in [5, 5.41) is 3.81. The van der Waals surface area contributed by atoms with Crippen LogP contribution in [0.4, 0.5) is 0 Å². The van der Waals surface area contributed by atoms with Crippen molar-refractivity contribution in [1.29, 1.82) is 0 Å². The first-order chi connectivity index (χ1) is 10.7. The van der Waals surface area contributed by atoms with E-state index in [2.05, 4.69) is 22.0 Å². The van der Waals surface area contributed by atoms with E-state index < -0.39 is 0 Å². The highest BCUT2D eigenvalue weighted by Crippen LogP contribution is 2.21. The smallest absolute Gasteiger partial charge is 0.292 e. The standard InChI is InChI=1S/C16H21N3O3/c1-12-8-15(22-17-12)16(20)19-10-13(5-7-21-2)9-18-6-3-4-14(18)11-19/h3-4,6,8,13H,5,7,9-11H2,1-2H3/t13-/m1/s1. The Balaban J connectivity index is 1.82. The Hall–Kier alpha value is -2.08. The lowest BCUT2D eigenvalue weighted by Crippen LogP contribution is -2.34. The summed E-state index contributed by atoms with van der Waals surface area (Å²) in [7, 11) is 1.71. The SMILES string of the molecule is COCC[C@H]1CN(C(=O)c2cc(C)no2)Cc2cccn2C1. The second-order valence-corrected chi connectivity index (χ2v) is 5.82. The van der Waals surface area contributed by atoms with Crippen molar-refractivity contribution >= 4 is 5.91 Å². The van der Waals surface area contributed by atoms with E-state index in [1.165, 1.54) is 0 Å². The molecular formula is C16H21N3O3. The third-order valence-corrected chi connectivity index (χ3v) is 4.07. The Morgan fingerprint density at radius 1 is 1.50 bits per heavy atom. The Morgan fingerprint density at radius 3 is 3.09 bits per heavy atom. The number of rotatable bonds is 4. The molecule has 2 aromatic heterocycles. The molecule has 0 saturated carbocycles. The van der Waals surface area contributed by atoms with E-state index in [0.29, 0.717) is 31.4 Å². The van der Waals surface area contributed by atoms with Gasteiger partial charge in [0.15, 0.2) is 0 Å². The Morgan fingerprint density at radius 2 is 2.36 bits per heavy atom. The van der Waals surface area contributed by atoms with Gasteiger partial charge in [0.25, 0.3) is 5.91 Å².